The number of likely N-dealkylation sites (tertiary alicyclic amines) is 1. The molecule has 0 saturated carbocycles. The Labute approximate surface area is 141 Å². The van der Waals surface area contributed by atoms with E-state index in [0.717, 1.165) is 48.1 Å². The number of hydrogen-bond acceptors (Lipinski definition) is 2. The fourth-order valence-electron chi connectivity index (χ4n) is 3.81. The van der Waals surface area contributed by atoms with E-state index in [1.54, 1.807) is 6.20 Å². The molecule has 0 spiro atoms. The number of aromatic amines is 1. The van der Waals surface area contributed by atoms with Gasteiger partial charge in [0, 0.05) is 49.1 Å². The van der Waals surface area contributed by atoms with Gasteiger partial charge in [0.15, 0.2) is 0 Å². The Morgan fingerprint density at radius 1 is 1.33 bits per heavy atom. The molecule has 1 aliphatic heterocycles. The van der Waals surface area contributed by atoms with E-state index in [1.165, 1.54) is 6.42 Å². The van der Waals surface area contributed by atoms with Crippen LogP contribution in [0.5, 0.6) is 0 Å². The van der Waals surface area contributed by atoms with Crippen molar-refractivity contribution in [2.75, 3.05) is 13.1 Å². The van der Waals surface area contributed by atoms with Crippen LogP contribution in [0.4, 0.5) is 0 Å². The number of nitrogens with zero attached hydrogens (tertiary/aromatic N) is 3. The predicted molar refractivity (Wildman–Crippen MR) is 93.8 cm³/mol. The maximum atomic E-state index is 13.1. The molecular weight excluding hydrogens is 300 g/mol. The lowest BCUT2D eigenvalue weighted by molar-refractivity contribution is 0.0674. The van der Waals surface area contributed by atoms with Crippen molar-refractivity contribution in [2.45, 2.75) is 19.3 Å². The number of fused-ring (bicyclic) bond motifs is 1. The average molecular weight is 322 g/mol. The molecule has 5 heteroatoms. The highest BCUT2D eigenvalue weighted by molar-refractivity contribution is 6.07. The average Bonchev–Trinajstić information content (AvgIpc) is 3.23. The van der Waals surface area contributed by atoms with Crippen molar-refractivity contribution in [3.8, 4) is 0 Å². The van der Waals surface area contributed by atoms with Crippen LogP contribution in [0.1, 0.15) is 28.9 Å². The maximum absolute atomic E-state index is 13.1. The van der Waals surface area contributed by atoms with E-state index in [-0.39, 0.29) is 5.91 Å². The van der Waals surface area contributed by atoms with Gasteiger partial charge in [0.1, 0.15) is 0 Å². The molecule has 1 amide bonds. The Kier molecular flexibility index (Phi) is 3.84. The molecule has 1 N–H and O–H groups in total. The number of piperidine rings is 1. The van der Waals surface area contributed by atoms with Crippen LogP contribution in [0.15, 0.2) is 42.7 Å². The zero-order valence-electron chi connectivity index (χ0n) is 13.9. The molecule has 24 heavy (non-hydrogen) atoms. The molecule has 0 radical (unpaired) electrons. The molecule has 1 aliphatic rings. The number of para-hydroxylation sites is 1. The van der Waals surface area contributed by atoms with Crippen molar-refractivity contribution in [1.29, 1.82) is 0 Å². The number of amides is 1. The summed E-state index contributed by atoms with van der Waals surface area (Å²) in [5, 5.41) is 8.09. The smallest absolute Gasteiger partial charge is 0.256 e. The number of benzene rings is 1. The predicted octanol–water partition coefficient (Wildman–Crippen LogP) is 3.00. The second kappa shape index (κ2) is 6.15. The van der Waals surface area contributed by atoms with Crippen LogP contribution in [0.3, 0.4) is 0 Å². The van der Waals surface area contributed by atoms with Gasteiger partial charge in [-0.3, -0.25) is 9.89 Å². The Morgan fingerprint density at radius 3 is 3.04 bits per heavy atom. The molecule has 1 atom stereocenters. The molecule has 0 aliphatic carbocycles. The van der Waals surface area contributed by atoms with Crippen molar-refractivity contribution >= 4 is 16.8 Å². The Hall–Kier alpha value is -2.56. The summed E-state index contributed by atoms with van der Waals surface area (Å²) in [4.78, 5) is 15.1. The van der Waals surface area contributed by atoms with Gasteiger partial charge in [0.05, 0.1) is 5.56 Å². The molecular formula is C19H22N4O. The minimum Gasteiger partial charge on any atom is -0.350 e. The fourth-order valence-corrected chi connectivity index (χ4v) is 3.81. The van der Waals surface area contributed by atoms with Gasteiger partial charge in [0.2, 0.25) is 0 Å². The summed E-state index contributed by atoms with van der Waals surface area (Å²) in [5.74, 6) is 0.652. The van der Waals surface area contributed by atoms with Crippen LogP contribution in [0, 0.1) is 5.92 Å². The minimum absolute atomic E-state index is 0.154. The second-order valence-corrected chi connectivity index (χ2v) is 6.72. The second-order valence-electron chi connectivity index (χ2n) is 6.72. The quantitative estimate of drug-likeness (QED) is 0.806. The zero-order chi connectivity index (χ0) is 16.5. The Bertz CT molecular complexity index is 850. The topological polar surface area (TPSA) is 53.9 Å². The number of hydrogen-bond donors (Lipinski definition) is 1. The van der Waals surface area contributed by atoms with Crippen LogP contribution in [0.2, 0.25) is 0 Å². The normalized spacial score (nSPS) is 18.2. The van der Waals surface area contributed by atoms with Crippen molar-refractivity contribution in [1.82, 2.24) is 19.7 Å². The van der Waals surface area contributed by atoms with Gasteiger partial charge in [-0.25, -0.2) is 0 Å². The summed E-state index contributed by atoms with van der Waals surface area (Å²) >= 11 is 0. The molecule has 3 aromatic rings. The van der Waals surface area contributed by atoms with Crippen LogP contribution >= 0.6 is 0 Å². The van der Waals surface area contributed by atoms with Gasteiger partial charge < -0.3 is 9.47 Å². The molecule has 124 valence electrons. The molecule has 3 heterocycles. The summed E-state index contributed by atoms with van der Waals surface area (Å²) in [5.41, 5.74) is 3.07. The van der Waals surface area contributed by atoms with Crippen LogP contribution in [0.25, 0.3) is 10.9 Å². The number of carbonyl (C=O) groups is 1. The monoisotopic (exact) mass is 322 g/mol. The van der Waals surface area contributed by atoms with E-state index in [1.807, 2.05) is 47.0 Å². The highest BCUT2D eigenvalue weighted by Gasteiger charge is 2.26. The third-order valence-corrected chi connectivity index (χ3v) is 5.00. The highest BCUT2D eigenvalue weighted by atomic mass is 16.2. The summed E-state index contributed by atoms with van der Waals surface area (Å²) in [6.45, 7) is 1.67. The first-order valence-corrected chi connectivity index (χ1v) is 8.54. The van der Waals surface area contributed by atoms with Crippen LogP contribution in [-0.2, 0) is 13.5 Å². The number of carbonyl (C=O) groups excluding carboxylic acids is 1. The van der Waals surface area contributed by atoms with E-state index in [4.69, 9.17) is 0 Å². The molecule has 1 fully saturated rings. The summed E-state index contributed by atoms with van der Waals surface area (Å²) in [6, 6.07) is 10.1. The number of aryl methyl sites for hydroxylation is 1. The van der Waals surface area contributed by atoms with Crippen molar-refractivity contribution in [3.05, 3.63) is 54.0 Å². The first-order chi connectivity index (χ1) is 11.7. The summed E-state index contributed by atoms with van der Waals surface area (Å²) in [7, 11) is 2.00. The molecule has 4 rings (SSSR count). The largest absolute Gasteiger partial charge is 0.350 e. The SMILES string of the molecule is Cn1cc(C(=O)N2CCCC(Cc3ccn[nH]3)C2)c2ccccc21. The van der Waals surface area contributed by atoms with Gasteiger partial charge in [-0.15, -0.1) is 0 Å². The molecule has 1 saturated heterocycles. The van der Waals surface area contributed by atoms with Crippen molar-refractivity contribution in [3.63, 3.8) is 0 Å². The molecule has 2 aromatic heterocycles. The number of rotatable bonds is 3. The van der Waals surface area contributed by atoms with E-state index in [0.29, 0.717) is 5.92 Å². The highest BCUT2D eigenvalue weighted by Crippen LogP contribution is 2.25. The molecule has 1 aromatic carbocycles. The van der Waals surface area contributed by atoms with Crippen molar-refractivity contribution < 1.29 is 4.79 Å². The van der Waals surface area contributed by atoms with Gasteiger partial charge in [-0.2, -0.15) is 5.10 Å². The number of aromatic nitrogens is 3. The molecule has 0 bridgehead atoms. The molecule has 1 unspecified atom stereocenters. The van der Waals surface area contributed by atoms with Gasteiger partial charge in [0.25, 0.3) is 5.91 Å². The standard InChI is InChI=1S/C19H22N4O/c1-22-13-17(16-6-2-3-7-18(16)22)19(24)23-10-4-5-14(12-23)11-15-8-9-20-21-15/h2-3,6-9,13-14H,4-5,10-12H2,1H3,(H,20,21). The lowest BCUT2D eigenvalue weighted by Gasteiger charge is -2.32. The van der Waals surface area contributed by atoms with Gasteiger partial charge in [-0.05, 0) is 37.3 Å². The van der Waals surface area contributed by atoms with E-state index < -0.39 is 0 Å². The minimum atomic E-state index is 0.154. The Morgan fingerprint density at radius 2 is 2.21 bits per heavy atom. The summed E-state index contributed by atoms with van der Waals surface area (Å²) in [6.07, 6.45) is 6.94. The lowest BCUT2D eigenvalue weighted by Crippen LogP contribution is -2.40. The Balaban J connectivity index is 1.55. The fraction of sp³-hybridized carbons (Fsp3) is 0.368. The zero-order valence-corrected chi connectivity index (χ0v) is 13.9. The van der Waals surface area contributed by atoms with E-state index in [9.17, 15) is 4.79 Å². The van der Waals surface area contributed by atoms with E-state index >= 15 is 0 Å². The number of H-pyrrole nitrogens is 1. The van der Waals surface area contributed by atoms with E-state index in [2.05, 4.69) is 16.3 Å². The van der Waals surface area contributed by atoms with Crippen LogP contribution < -0.4 is 0 Å². The number of nitrogens with one attached hydrogen (secondary N) is 1. The molecule has 5 nitrogen and oxygen atoms in total. The summed E-state index contributed by atoms with van der Waals surface area (Å²) < 4.78 is 2.04. The van der Waals surface area contributed by atoms with Crippen molar-refractivity contribution in [2.24, 2.45) is 13.0 Å². The van der Waals surface area contributed by atoms with Gasteiger partial charge >= 0.3 is 0 Å². The van der Waals surface area contributed by atoms with Gasteiger partial charge in [-0.1, -0.05) is 18.2 Å². The van der Waals surface area contributed by atoms with Crippen LogP contribution in [-0.4, -0.2) is 38.7 Å². The third kappa shape index (κ3) is 2.70. The first kappa shape index (κ1) is 15.0. The third-order valence-electron chi connectivity index (χ3n) is 5.00. The maximum Gasteiger partial charge on any atom is 0.256 e. The lowest BCUT2D eigenvalue weighted by atomic mass is 9.93. The first-order valence-electron chi connectivity index (χ1n) is 8.54.